The minimum absolute atomic E-state index is 0.202. The molecule has 0 heterocycles. The molecule has 2 N–H and O–H groups in total. The van der Waals surface area contributed by atoms with Crippen molar-refractivity contribution in [3.8, 4) is 0 Å². The standard InChI is InChI=1S/C13H18FNO/c1-9-2-3-11(14)6-10(9)8-16-13-5-4-12(15)7-13/h2-3,6,12-13H,4-5,7-8,15H2,1H3. The molecule has 1 aliphatic rings. The first-order valence-corrected chi connectivity index (χ1v) is 5.77. The molecule has 0 spiro atoms. The fraction of sp³-hybridized carbons (Fsp3) is 0.538. The topological polar surface area (TPSA) is 35.2 Å². The van der Waals surface area contributed by atoms with E-state index < -0.39 is 0 Å². The average Bonchev–Trinajstić information content (AvgIpc) is 2.66. The summed E-state index contributed by atoms with van der Waals surface area (Å²) in [4.78, 5) is 0. The molecule has 1 saturated carbocycles. The van der Waals surface area contributed by atoms with E-state index in [0.29, 0.717) is 6.61 Å². The Bertz CT molecular complexity index is 367. The van der Waals surface area contributed by atoms with Gasteiger partial charge in [-0.25, -0.2) is 4.39 Å². The molecule has 0 radical (unpaired) electrons. The molecule has 1 aliphatic carbocycles. The lowest BCUT2D eigenvalue weighted by atomic mass is 10.1. The number of hydrogen-bond acceptors (Lipinski definition) is 2. The molecular weight excluding hydrogens is 205 g/mol. The van der Waals surface area contributed by atoms with Gasteiger partial charge in [0.15, 0.2) is 0 Å². The third kappa shape index (κ3) is 2.80. The highest BCUT2D eigenvalue weighted by Crippen LogP contribution is 2.22. The van der Waals surface area contributed by atoms with Gasteiger partial charge in [-0.2, -0.15) is 0 Å². The van der Waals surface area contributed by atoms with Crippen molar-refractivity contribution in [1.82, 2.24) is 0 Å². The van der Waals surface area contributed by atoms with Gasteiger partial charge in [0.2, 0.25) is 0 Å². The number of aryl methyl sites for hydroxylation is 1. The van der Waals surface area contributed by atoms with Crippen molar-refractivity contribution in [3.63, 3.8) is 0 Å². The maximum atomic E-state index is 13.0. The zero-order chi connectivity index (χ0) is 11.5. The normalized spacial score (nSPS) is 24.9. The second kappa shape index (κ2) is 4.93. The Balaban J connectivity index is 1.91. The molecule has 2 atom stereocenters. The number of benzene rings is 1. The van der Waals surface area contributed by atoms with Crippen molar-refractivity contribution in [3.05, 3.63) is 35.1 Å². The van der Waals surface area contributed by atoms with Crippen molar-refractivity contribution in [2.75, 3.05) is 0 Å². The van der Waals surface area contributed by atoms with Crippen LogP contribution in [0.2, 0.25) is 0 Å². The predicted octanol–water partition coefficient (Wildman–Crippen LogP) is 2.53. The molecule has 88 valence electrons. The van der Waals surface area contributed by atoms with E-state index in [2.05, 4.69) is 0 Å². The number of ether oxygens (including phenoxy) is 1. The molecule has 0 aromatic heterocycles. The summed E-state index contributed by atoms with van der Waals surface area (Å²) in [6.45, 7) is 2.46. The first-order chi connectivity index (χ1) is 7.65. The number of nitrogens with two attached hydrogens (primary N) is 1. The lowest BCUT2D eigenvalue weighted by Crippen LogP contribution is -2.17. The summed E-state index contributed by atoms with van der Waals surface area (Å²) < 4.78 is 18.8. The molecule has 2 unspecified atom stereocenters. The Morgan fingerprint density at radius 1 is 1.44 bits per heavy atom. The Morgan fingerprint density at radius 2 is 2.25 bits per heavy atom. The molecule has 1 aromatic rings. The van der Waals surface area contributed by atoms with Crippen LogP contribution < -0.4 is 5.73 Å². The van der Waals surface area contributed by atoms with Crippen molar-refractivity contribution >= 4 is 0 Å². The van der Waals surface area contributed by atoms with E-state index in [-0.39, 0.29) is 18.0 Å². The molecule has 0 aliphatic heterocycles. The van der Waals surface area contributed by atoms with Crippen molar-refractivity contribution < 1.29 is 9.13 Å². The molecule has 0 saturated heterocycles. The molecule has 16 heavy (non-hydrogen) atoms. The second-order valence-corrected chi connectivity index (χ2v) is 4.58. The van der Waals surface area contributed by atoms with Crippen LogP contribution in [-0.4, -0.2) is 12.1 Å². The fourth-order valence-electron chi connectivity index (χ4n) is 2.13. The van der Waals surface area contributed by atoms with Gasteiger partial charge in [-0.3, -0.25) is 0 Å². The predicted molar refractivity (Wildman–Crippen MR) is 61.5 cm³/mol. The van der Waals surface area contributed by atoms with Gasteiger partial charge in [0, 0.05) is 6.04 Å². The van der Waals surface area contributed by atoms with E-state index in [4.69, 9.17) is 10.5 Å². The Morgan fingerprint density at radius 3 is 2.94 bits per heavy atom. The van der Waals surface area contributed by atoms with Crippen molar-refractivity contribution in [2.45, 2.75) is 44.9 Å². The molecule has 1 aromatic carbocycles. The molecule has 0 amide bonds. The van der Waals surface area contributed by atoms with E-state index in [0.717, 1.165) is 30.4 Å². The van der Waals surface area contributed by atoms with Crippen LogP contribution in [0.25, 0.3) is 0 Å². The van der Waals surface area contributed by atoms with Crippen LogP contribution in [0, 0.1) is 12.7 Å². The second-order valence-electron chi connectivity index (χ2n) is 4.58. The molecular formula is C13H18FNO. The first kappa shape index (κ1) is 11.6. The van der Waals surface area contributed by atoms with Gasteiger partial charge in [0.1, 0.15) is 5.82 Å². The van der Waals surface area contributed by atoms with Crippen molar-refractivity contribution in [1.29, 1.82) is 0 Å². The molecule has 1 fully saturated rings. The number of rotatable bonds is 3. The number of hydrogen-bond donors (Lipinski definition) is 1. The summed E-state index contributed by atoms with van der Waals surface area (Å²) in [7, 11) is 0. The third-order valence-corrected chi connectivity index (χ3v) is 3.21. The quantitative estimate of drug-likeness (QED) is 0.854. The third-order valence-electron chi connectivity index (χ3n) is 3.21. The number of halogens is 1. The van der Waals surface area contributed by atoms with E-state index in [1.54, 1.807) is 12.1 Å². The van der Waals surface area contributed by atoms with Crippen molar-refractivity contribution in [2.24, 2.45) is 5.73 Å². The van der Waals surface area contributed by atoms with Crippen LogP contribution >= 0.6 is 0 Å². The van der Waals surface area contributed by atoms with Gasteiger partial charge in [-0.05, 0) is 49.4 Å². The molecule has 2 rings (SSSR count). The zero-order valence-electron chi connectivity index (χ0n) is 9.58. The summed E-state index contributed by atoms with van der Waals surface area (Å²) >= 11 is 0. The largest absolute Gasteiger partial charge is 0.373 e. The summed E-state index contributed by atoms with van der Waals surface area (Å²) in [5.41, 5.74) is 7.81. The minimum Gasteiger partial charge on any atom is -0.373 e. The van der Waals surface area contributed by atoms with E-state index >= 15 is 0 Å². The average molecular weight is 223 g/mol. The minimum atomic E-state index is -0.202. The highest BCUT2D eigenvalue weighted by Gasteiger charge is 2.22. The van der Waals surface area contributed by atoms with Crippen LogP contribution in [0.4, 0.5) is 4.39 Å². The Labute approximate surface area is 95.6 Å². The highest BCUT2D eigenvalue weighted by molar-refractivity contribution is 5.25. The lowest BCUT2D eigenvalue weighted by Gasteiger charge is -2.13. The first-order valence-electron chi connectivity index (χ1n) is 5.77. The maximum Gasteiger partial charge on any atom is 0.123 e. The van der Waals surface area contributed by atoms with Gasteiger partial charge >= 0.3 is 0 Å². The van der Waals surface area contributed by atoms with Crippen LogP contribution in [0.3, 0.4) is 0 Å². The molecule has 2 nitrogen and oxygen atoms in total. The van der Waals surface area contributed by atoms with Crippen LogP contribution in [0.15, 0.2) is 18.2 Å². The van der Waals surface area contributed by atoms with E-state index in [1.807, 2.05) is 6.92 Å². The van der Waals surface area contributed by atoms with Gasteiger partial charge in [0.25, 0.3) is 0 Å². The fourth-order valence-corrected chi connectivity index (χ4v) is 2.13. The summed E-state index contributed by atoms with van der Waals surface area (Å²) in [6, 6.07) is 5.08. The SMILES string of the molecule is Cc1ccc(F)cc1COC1CCC(N)C1. The highest BCUT2D eigenvalue weighted by atomic mass is 19.1. The smallest absolute Gasteiger partial charge is 0.123 e. The Kier molecular flexibility index (Phi) is 3.56. The monoisotopic (exact) mass is 223 g/mol. The zero-order valence-corrected chi connectivity index (χ0v) is 9.58. The van der Waals surface area contributed by atoms with Gasteiger partial charge in [-0.15, -0.1) is 0 Å². The summed E-state index contributed by atoms with van der Waals surface area (Å²) in [5, 5.41) is 0. The maximum absolute atomic E-state index is 13.0. The lowest BCUT2D eigenvalue weighted by molar-refractivity contribution is 0.0444. The molecule has 0 bridgehead atoms. The summed E-state index contributed by atoms with van der Waals surface area (Å²) in [5.74, 6) is -0.202. The van der Waals surface area contributed by atoms with Gasteiger partial charge < -0.3 is 10.5 Å². The van der Waals surface area contributed by atoms with Crippen LogP contribution in [-0.2, 0) is 11.3 Å². The van der Waals surface area contributed by atoms with E-state index in [1.165, 1.54) is 6.07 Å². The Hall–Kier alpha value is -0.930. The van der Waals surface area contributed by atoms with Gasteiger partial charge in [0.05, 0.1) is 12.7 Å². The molecule has 3 heteroatoms. The van der Waals surface area contributed by atoms with Gasteiger partial charge in [-0.1, -0.05) is 6.07 Å². The van der Waals surface area contributed by atoms with Crippen LogP contribution in [0.5, 0.6) is 0 Å². The van der Waals surface area contributed by atoms with E-state index in [9.17, 15) is 4.39 Å². The van der Waals surface area contributed by atoms with Crippen LogP contribution in [0.1, 0.15) is 30.4 Å². The summed E-state index contributed by atoms with van der Waals surface area (Å²) in [6.07, 6.45) is 3.23.